The van der Waals surface area contributed by atoms with Gasteiger partial charge in [-0.1, -0.05) is 19.1 Å². The summed E-state index contributed by atoms with van der Waals surface area (Å²) >= 11 is 0. The van der Waals surface area contributed by atoms with Gasteiger partial charge in [0, 0.05) is 6.54 Å². The van der Waals surface area contributed by atoms with Gasteiger partial charge in [0.05, 0.1) is 37.4 Å². The second kappa shape index (κ2) is 5.96. The maximum Gasteiger partial charge on any atom is 0.335 e. The van der Waals surface area contributed by atoms with Crippen LogP contribution in [0.1, 0.15) is 34.1 Å². The zero-order chi connectivity index (χ0) is 16.6. The largest absolute Gasteiger partial charge is 0.478 e. The molecule has 0 spiro atoms. The first-order valence-corrected chi connectivity index (χ1v) is 8.39. The fourth-order valence-corrected chi connectivity index (χ4v) is 3.99. The van der Waals surface area contributed by atoms with E-state index in [0.717, 1.165) is 0 Å². The first-order chi connectivity index (χ1) is 11.0. The molecule has 0 saturated carbocycles. The molecule has 1 unspecified atom stereocenters. The average molecular weight is 329 g/mol. The summed E-state index contributed by atoms with van der Waals surface area (Å²) in [4.78, 5) is 26.5. The van der Waals surface area contributed by atoms with Crippen LogP contribution in [-0.2, 0) is 10.8 Å². The van der Waals surface area contributed by atoms with E-state index in [2.05, 4.69) is 0 Å². The number of benzene rings is 2. The van der Waals surface area contributed by atoms with Crippen LogP contribution in [0, 0.1) is 0 Å². The summed E-state index contributed by atoms with van der Waals surface area (Å²) in [7, 11) is -1.53. The molecule has 0 saturated heterocycles. The van der Waals surface area contributed by atoms with Crippen LogP contribution in [0.25, 0.3) is 0 Å². The van der Waals surface area contributed by atoms with E-state index in [-0.39, 0.29) is 11.5 Å². The van der Waals surface area contributed by atoms with Crippen molar-refractivity contribution < 1.29 is 18.9 Å². The molecule has 1 aliphatic heterocycles. The number of amides is 1. The van der Waals surface area contributed by atoms with Crippen LogP contribution in [0.5, 0.6) is 0 Å². The topological polar surface area (TPSA) is 74.7 Å². The molecule has 2 aromatic rings. The lowest BCUT2D eigenvalue weighted by Gasteiger charge is -2.22. The number of nitrogens with zero attached hydrogens (tertiary/aromatic N) is 1. The van der Waals surface area contributed by atoms with Gasteiger partial charge in [0.15, 0.2) is 0 Å². The molecule has 1 aliphatic rings. The number of aromatic carboxylic acids is 1. The van der Waals surface area contributed by atoms with Crippen molar-refractivity contribution >= 4 is 28.4 Å². The molecule has 0 bridgehead atoms. The molecule has 0 aliphatic carbocycles. The molecule has 0 radical (unpaired) electrons. The maximum atomic E-state index is 12.9. The fraction of sp³-hybridized carbons (Fsp3) is 0.176. The highest BCUT2D eigenvalue weighted by atomic mass is 32.2. The van der Waals surface area contributed by atoms with E-state index in [0.29, 0.717) is 34.0 Å². The third-order valence-electron chi connectivity index (χ3n) is 3.71. The predicted molar refractivity (Wildman–Crippen MR) is 86.5 cm³/mol. The quantitative estimate of drug-likeness (QED) is 0.939. The van der Waals surface area contributed by atoms with Gasteiger partial charge in [-0.15, -0.1) is 0 Å². The third kappa shape index (κ3) is 2.55. The number of carboxylic acid groups (broad SMARTS) is 1. The summed E-state index contributed by atoms with van der Waals surface area (Å²) in [5.41, 5.74) is 0.874. The van der Waals surface area contributed by atoms with E-state index in [1.807, 2.05) is 6.92 Å². The first-order valence-electron chi connectivity index (χ1n) is 7.24. The Morgan fingerprint density at radius 1 is 1.17 bits per heavy atom. The molecule has 6 heteroatoms. The minimum Gasteiger partial charge on any atom is -0.478 e. The summed E-state index contributed by atoms with van der Waals surface area (Å²) in [6.07, 6.45) is 0.706. The summed E-state index contributed by atoms with van der Waals surface area (Å²) < 4.78 is 12.9. The standard InChI is InChI=1S/C17H15NO4S/c1-2-9-18-13-10-11(17(20)21)7-8-15(13)23(22)14-6-4-3-5-12(14)16(18)19/h3-8,10H,2,9H2,1H3,(H,20,21). The van der Waals surface area contributed by atoms with E-state index in [1.54, 1.807) is 24.3 Å². The molecule has 1 heterocycles. The highest BCUT2D eigenvalue weighted by molar-refractivity contribution is 7.85. The summed E-state index contributed by atoms with van der Waals surface area (Å²) in [5, 5.41) is 9.20. The van der Waals surface area contributed by atoms with Gasteiger partial charge in [-0.05, 0) is 36.8 Å². The van der Waals surface area contributed by atoms with Crippen molar-refractivity contribution in [3.63, 3.8) is 0 Å². The highest BCUT2D eigenvalue weighted by Gasteiger charge is 2.30. The number of carboxylic acids is 1. The number of carbonyl (C=O) groups excluding carboxylic acids is 1. The number of rotatable bonds is 3. The lowest BCUT2D eigenvalue weighted by molar-refractivity contribution is 0.0696. The second-order valence-corrected chi connectivity index (χ2v) is 6.63. The number of hydrogen-bond donors (Lipinski definition) is 1. The van der Waals surface area contributed by atoms with Crippen LogP contribution in [0.2, 0.25) is 0 Å². The normalized spacial score (nSPS) is 16.5. The molecule has 1 atom stereocenters. The van der Waals surface area contributed by atoms with Crippen LogP contribution in [0.4, 0.5) is 5.69 Å². The summed E-state index contributed by atoms with van der Waals surface area (Å²) in [6.45, 7) is 2.36. The van der Waals surface area contributed by atoms with Gasteiger partial charge in [-0.25, -0.2) is 9.00 Å². The molecule has 2 aromatic carbocycles. The van der Waals surface area contributed by atoms with Crippen molar-refractivity contribution in [1.82, 2.24) is 0 Å². The molecule has 5 nitrogen and oxygen atoms in total. The molecule has 3 rings (SSSR count). The van der Waals surface area contributed by atoms with Crippen molar-refractivity contribution in [1.29, 1.82) is 0 Å². The lowest BCUT2D eigenvalue weighted by atomic mass is 10.1. The van der Waals surface area contributed by atoms with E-state index in [1.165, 1.54) is 23.1 Å². The van der Waals surface area contributed by atoms with Crippen LogP contribution in [-0.4, -0.2) is 27.7 Å². The molecule has 1 amide bonds. The second-order valence-electron chi connectivity index (χ2n) is 5.21. The van der Waals surface area contributed by atoms with Crippen molar-refractivity contribution in [2.45, 2.75) is 23.1 Å². The van der Waals surface area contributed by atoms with Gasteiger partial charge in [0.25, 0.3) is 5.91 Å². The minimum absolute atomic E-state index is 0.0700. The van der Waals surface area contributed by atoms with E-state index >= 15 is 0 Å². The molecule has 23 heavy (non-hydrogen) atoms. The molecular weight excluding hydrogens is 314 g/mol. The Kier molecular flexibility index (Phi) is 4.00. The van der Waals surface area contributed by atoms with E-state index < -0.39 is 16.8 Å². The van der Waals surface area contributed by atoms with Gasteiger partial charge >= 0.3 is 5.97 Å². The Morgan fingerprint density at radius 3 is 2.61 bits per heavy atom. The minimum atomic E-state index is -1.53. The van der Waals surface area contributed by atoms with Crippen LogP contribution < -0.4 is 4.90 Å². The smallest absolute Gasteiger partial charge is 0.335 e. The zero-order valence-corrected chi connectivity index (χ0v) is 13.3. The van der Waals surface area contributed by atoms with Gasteiger partial charge < -0.3 is 10.0 Å². The van der Waals surface area contributed by atoms with Crippen molar-refractivity contribution in [2.75, 3.05) is 11.4 Å². The van der Waals surface area contributed by atoms with E-state index in [4.69, 9.17) is 0 Å². The summed E-state index contributed by atoms with van der Waals surface area (Å²) in [6, 6.07) is 11.2. The van der Waals surface area contributed by atoms with Gasteiger partial charge in [-0.2, -0.15) is 0 Å². The Morgan fingerprint density at radius 2 is 1.91 bits per heavy atom. The number of fused-ring (bicyclic) bond motifs is 2. The van der Waals surface area contributed by atoms with Crippen molar-refractivity contribution in [2.24, 2.45) is 0 Å². The van der Waals surface area contributed by atoms with Gasteiger partial charge in [0.2, 0.25) is 0 Å². The number of anilines is 1. The van der Waals surface area contributed by atoms with Crippen LogP contribution in [0.3, 0.4) is 0 Å². The molecular formula is C17H15NO4S. The average Bonchev–Trinajstić information content (AvgIpc) is 2.65. The number of hydrogen-bond acceptors (Lipinski definition) is 3. The van der Waals surface area contributed by atoms with Gasteiger partial charge in [0.1, 0.15) is 0 Å². The predicted octanol–water partition coefficient (Wildman–Crippen LogP) is 2.92. The Balaban J connectivity index is 2.28. The SMILES string of the molecule is CCCN1C(=O)c2ccccc2S(=O)c2ccc(C(=O)O)cc21. The zero-order valence-electron chi connectivity index (χ0n) is 12.5. The molecule has 1 N–H and O–H groups in total. The van der Waals surface area contributed by atoms with Gasteiger partial charge in [-0.3, -0.25) is 4.79 Å². The molecule has 0 aromatic heterocycles. The fourth-order valence-electron chi connectivity index (χ4n) is 2.64. The summed E-state index contributed by atoms with van der Waals surface area (Å²) in [5.74, 6) is -1.33. The molecule has 118 valence electrons. The Labute approximate surface area is 136 Å². The Hall–Kier alpha value is -2.47. The highest BCUT2D eigenvalue weighted by Crippen LogP contribution is 2.35. The molecule has 0 fully saturated rings. The number of carbonyl (C=O) groups is 2. The third-order valence-corrected chi connectivity index (χ3v) is 5.21. The van der Waals surface area contributed by atoms with Crippen LogP contribution in [0.15, 0.2) is 52.3 Å². The Bertz CT molecular complexity index is 831. The van der Waals surface area contributed by atoms with Crippen LogP contribution >= 0.6 is 0 Å². The van der Waals surface area contributed by atoms with Crippen molar-refractivity contribution in [3.8, 4) is 0 Å². The maximum absolute atomic E-state index is 12.9. The first kappa shape index (κ1) is 15.4. The monoisotopic (exact) mass is 329 g/mol. The van der Waals surface area contributed by atoms with Crippen molar-refractivity contribution in [3.05, 3.63) is 53.6 Å². The lowest BCUT2D eigenvalue weighted by Crippen LogP contribution is -2.31. The van der Waals surface area contributed by atoms with E-state index in [9.17, 15) is 18.9 Å².